The Kier molecular flexibility index (Phi) is 4.25. The summed E-state index contributed by atoms with van der Waals surface area (Å²) in [7, 11) is 1.60. The highest BCUT2D eigenvalue weighted by molar-refractivity contribution is 5.65. The highest BCUT2D eigenvalue weighted by Gasteiger charge is 2.17. The van der Waals surface area contributed by atoms with Crippen LogP contribution in [0.15, 0.2) is 18.2 Å². The largest absolute Gasteiger partial charge is 0.383 e. The molecule has 1 unspecified atom stereocenters. The summed E-state index contributed by atoms with van der Waals surface area (Å²) in [5.41, 5.74) is 1.32. The van der Waals surface area contributed by atoms with E-state index in [9.17, 15) is 10.1 Å². The number of hydrogen-bond acceptors (Lipinski definition) is 4. The minimum atomic E-state index is -0.364. The van der Waals surface area contributed by atoms with E-state index in [0.717, 1.165) is 0 Å². The summed E-state index contributed by atoms with van der Waals surface area (Å²) >= 11 is 0. The van der Waals surface area contributed by atoms with Crippen molar-refractivity contribution in [2.24, 2.45) is 0 Å². The van der Waals surface area contributed by atoms with Gasteiger partial charge >= 0.3 is 0 Å². The molecule has 5 nitrogen and oxygen atoms in total. The molecule has 0 aliphatic rings. The number of nitro benzene ring substituents is 1. The van der Waals surface area contributed by atoms with Crippen LogP contribution in [0.25, 0.3) is 0 Å². The molecular formula is C11H16N2O3. The molecule has 0 spiro atoms. The Morgan fingerprint density at radius 2 is 2.25 bits per heavy atom. The number of hydrogen-bond donors (Lipinski definition) is 1. The van der Waals surface area contributed by atoms with Crippen molar-refractivity contribution in [3.63, 3.8) is 0 Å². The van der Waals surface area contributed by atoms with Crippen LogP contribution >= 0.6 is 0 Å². The van der Waals surface area contributed by atoms with Crippen molar-refractivity contribution < 1.29 is 9.66 Å². The van der Waals surface area contributed by atoms with Gasteiger partial charge in [-0.1, -0.05) is 12.1 Å². The number of para-hydroxylation sites is 1. The third-order valence-corrected chi connectivity index (χ3v) is 2.24. The maximum atomic E-state index is 10.9. The second-order valence-electron chi connectivity index (χ2n) is 3.73. The summed E-state index contributed by atoms with van der Waals surface area (Å²) in [5, 5.41) is 14.0. The fraction of sp³-hybridized carbons (Fsp3) is 0.455. The van der Waals surface area contributed by atoms with E-state index in [1.165, 1.54) is 0 Å². The lowest BCUT2D eigenvalue weighted by Crippen LogP contribution is -2.21. The zero-order valence-electron chi connectivity index (χ0n) is 9.69. The average molecular weight is 224 g/mol. The lowest BCUT2D eigenvalue weighted by Gasteiger charge is -2.14. The molecule has 0 aliphatic carbocycles. The molecule has 0 saturated carbocycles. The molecule has 0 saturated heterocycles. The van der Waals surface area contributed by atoms with Crippen LogP contribution in [0.1, 0.15) is 12.5 Å². The van der Waals surface area contributed by atoms with Crippen molar-refractivity contribution in [3.05, 3.63) is 33.9 Å². The third-order valence-electron chi connectivity index (χ3n) is 2.24. The summed E-state index contributed by atoms with van der Waals surface area (Å²) in [5.74, 6) is 0. The smallest absolute Gasteiger partial charge is 0.295 e. The normalized spacial score (nSPS) is 12.2. The SMILES string of the molecule is COCC(C)Nc1cccc(C)c1[N+](=O)[O-]. The van der Waals surface area contributed by atoms with Crippen molar-refractivity contribution in [1.82, 2.24) is 0 Å². The second kappa shape index (κ2) is 5.46. The number of nitro groups is 1. The van der Waals surface area contributed by atoms with Crippen molar-refractivity contribution in [2.75, 3.05) is 19.0 Å². The second-order valence-corrected chi connectivity index (χ2v) is 3.73. The standard InChI is InChI=1S/C11H16N2O3/c1-8-5-4-6-10(11(8)13(14)15)12-9(2)7-16-3/h4-6,9,12H,7H2,1-3H3. The molecule has 1 rings (SSSR count). The first-order valence-corrected chi connectivity index (χ1v) is 5.05. The fourth-order valence-electron chi connectivity index (χ4n) is 1.57. The molecular weight excluding hydrogens is 208 g/mol. The van der Waals surface area contributed by atoms with Gasteiger partial charge in [-0.3, -0.25) is 10.1 Å². The first-order chi connectivity index (χ1) is 7.56. The Labute approximate surface area is 94.6 Å². The third kappa shape index (κ3) is 2.93. The first-order valence-electron chi connectivity index (χ1n) is 5.05. The fourth-order valence-corrected chi connectivity index (χ4v) is 1.57. The molecule has 5 heteroatoms. The maximum absolute atomic E-state index is 10.9. The Bertz CT molecular complexity index is 379. The lowest BCUT2D eigenvalue weighted by atomic mass is 10.1. The molecule has 0 radical (unpaired) electrons. The van der Waals surface area contributed by atoms with Crippen molar-refractivity contribution >= 4 is 11.4 Å². The number of nitrogens with zero attached hydrogens (tertiary/aromatic N) is 1. The summed E-state index contributed by atoms with van der Waals surface area (Å²) in [6.07, 6.45) is 0. The quantitative estimate of drug-likeness (QED) is 0.616. The van der Waals surface area contributed by atoms with Crippen LogP contribution in [0.5, 0.6) is 0 Å². The van der Waals surface area contributed by atoms with Gasteiger partial charge in [0.05, 0.1) is 11.5 Å². The Morgan fingerprint density at radius 3 is 2.81 bits per heavy atom. The topological polar surface area (TPSA) is 64.4 Å². The highest BCUT2D eigenvalue weighted by atomic mass is 16.6. The van der Waals surface area contributed by atoms with Gasteiger partial charge in [0.1, 0.15) is 5.69 Å². The molecule has 88 valence electrons. The maximum Gasteiger partial charge on any atom is 0.295 e. The van der Waals surface area contributed by atoms with Crippen LogP contribution in [0, 0.1) is 17.0 Å². The monoisotopic (exact) mass is 224 g/mol. The van der Waals surface area contributed by atoms with Crippen LogP contribution in [0.4, 0.5) is 11.4 Å². The number of anilines is 1. The molecule has 1 aromatic rings. The average Bonchev–Trinajstić information content (AvgIpc) is 2.17. The van der Waals surface area contributed by atoms with Crippen LogP contribution in [0.2, 0.25) is 0 Å². The van der Waals surface area contributed by atoms with Crippen LogP contribution < -0.4 is 5.32 Å². The molecule has 0 bridgehead atoms. The Morgan fingerprint density at radius 1 is 1.56 bits per heavy atom. The van der Waals surface area contributed by atoms with E-state index < -0.39 is 0 Å². The number of nitrogens with one attached hydrogen (secondary N) is 1. The van der Waals surface area contributed by atoms with Crippen LogP contribution in [-0.2, 0) is 4.74 Å². The van der Waals surface area contributed by atoms with Crippen LogP contribution in [-0.4, -0.2) is 24.7 Å². The number of aryl methyl sites for hydroxylation is 1. The van der Waals surface area contributed by atoms with E-state index >= 15 is 0 Å². The van der Waals surface area contributed by atoms with E-state index in [0.29, 0.717) is 17.9 Å². The van der Waals surface area contributed by atoms with Gasteiger partial charge in [-0.15, -0.1) is 0 Å². The molecule has 0 aromatic heterocycles. The van der Waals surface area contributed by atoms with Crippen molar-refractivity contribution in [2.45, 2.75) is 19.9 Å². The van der Waals surface area contributed by atoms with Gasteiger partial charge in [0, 0.05) is 18.7 Å². The number of ether oxygens (including phenoxy) is 1. The van der Waals surface area contributed by atoms with E-state index in [1.807, 2.05) is 6.92 Å². The van der Waals surface area contributed by atoms with Crippen LogP contribution in [0.3, 0.4) is 0 Å². The Balaban J connectivity index is 2.95. The zero-order chi connectivity index (χ0) is 12.1. The van der Waals surface area contributed by atoms with Gasteiger partial charge in [-0.25, -0.2) is 0 Å². The van der Waals surface area contributed by atoms with E-state index in [4.69, 9.17) is 4.74 Å². The molecule has 0 aliphatic heterocycles. The van der Waals surface area contributed by atoms with Crippen molar-refractivity contribution in [1.29, 1.82) is 0 Å². The van der Waals surface area contributed by atoms with Gasteiger partial charge < -0.3 is 10.1 Å². The first kappa shape index (κ1) is 12.4. The Hall–Kier alpha value is -1.62. The molecule has 0 amide bonds. The summed E-state index contributed by atoms with van der Waals surface area (Å²) in [6, 6.07) is 5.26. The molecule has 16 heavy (non-hydrogen) atoms. The van der Waals surface area contributed by atoms with E-state index in [-0.39, 0.29) is 16.7 Å². The van der Waals surface area contributed by atoms with Gasteiger partial charge in [0.2, 0.25) is 0 Å². The molecule has 1 aromatic carbocycles. The molecule has 1 N–H and O–H groups in total. The molecule has 1 atom stereocenters. The number of rotatable bonds is 5. The molecule has 0 fully saturated rings. The lowest BCUT2D eigenvalue weighted by molar-refractivity contribution is -0.384. The van der Waals surface area contributed by atoms with Gasteiger partial charge in [-0.05, 0) is 19.9 Å². The van der Waals surface area contributed by atoms with E-state index in [1.54, 1.807) is 32.2 Å². The van der Waals surface area contributed by atoms with Gasteiger partial charge in [0.15, 0.2) is 0 Å². The zero-order valence-corrected chi connectivity index (χ0v) is 9.69. The number of methoxy groups -OCH3 is 1. The van der Waals surface area contributed by atoms with E-state index in [2.05, 4.69) is 5.32 Å². The predicted octanol–water partition coefficient (Wildman–Crippen LogP) is 2.35. The molecule has 0 heterocycles. The summed E-state index contributed by atoms with van der Waals surface area (Å²) in [6.45, 7) is 4.14. The summed E-state index contributed by atoms with van der Waals surface area (Å²) < 4.78 is 4.97. The number of benzene rings is 1. The minimum absolute atomic E-state index is 0.0329. The van der Waals surface area contributed by atoms with Crippen molar-refractivity contribution in [3.8, 4) is 0 Å². The van der Waals surface area contributed by atoms with Gasteiger partial charge in [0.25, 0.3) is 5.69 Å². The highest BCUT2D eigenvalue weighted by Crippen LogP contribution is 2.28. The predicted molar refractivity (Wildman–Crippen MR) is 62.8 cm³/mol. The summed E-state index contributed by atoms with van der Waals surface area (Å²) in [4.78, 5) is 10.6. The minimum Gasteiger partial charge on any atom is -0.383 e. The van der Waals surface area contributed by atoms with Gasteiger partial charge in [-0.2, -0.15) is 0 Å².